The molecule has 1 aliphatic heterocycles. The van der Waals surface area contributed by atoms with E-state index in [1.165, 1.54) is 11.8 Å². The molecule has 0 spiro atoms. The molecule has 1 atom stereocenters. The summed E-state index contributed by atoms with van der Waals surface area (Å²) in [4.78, 5) is 32.9. The second-order valence-corrected chi connectivity index (χ2v) is 9.13. The van der Waals surface area contributed by atoms with Gasteiger partial charge in [0.1, 0.15) is 0 Å². The molecule has 1 fully saturated rings. The molecule has 5 nitrogen and oxygen atoms in total. The number of likely N-dealkylation sites (tertiary alicyclic amines) is 1. The highest BCUT2D eigenvalue weighted by atomic mass is 35.5. The fourth-order valence-electron chi connectivity index (χ4n) is 3.91. The van der Waals surface area contributed by atoms with Crippen molar-refractivity contribution < 1.29 is 4.79 Å². The first-order chi connectivity index (χ1) is 14.4. The molecule has 4 rings (SSSR count). The number of hydrogen-bond donors (Lipinski definition) is 0. The van der Waals surface area contributed by atoms with E-state index in [0.29, 0.717) is 21.1 Å². The van der Waals surface area contributed by atoms with Gasteiger partial charge in [0.25, 0.3) is 5.56 Å². The highest BCUT2D eigenvalue weighted by molar-refractivity contribution is 7.99. The molecule has 156 valence electrons. The quantitative estimate of drug-likeness (QED) is 0.429. The number of halogens is 1. The molecule has 0 saturated carbocycles. The zero-order chi connectivity index (χ0) is 21.3. The molecule has 1 aromatic heterocycles. The number of piperidine rings is 1. The second-order valence-electron chi connectivity index (χ2n) is 7.76. The Hall–Kier alpha value is -2.31. The number of amides is 1. The number of fused-ring (bicyclic) bond motifs is 1. The number of hydrogen-bond acceptors (Lipinski definition) is 4. The molecule has 1 amide bonds. The molecule has 2 heterocycles. The van der Waals surface area contributed by atoms with Crippen molar-refractivity contribution in [1.82, 2.24) is 14.5 Å². The van der Waals surface area contributed by atoms with Crippen molar-refractivity contribution in [2.45, 2.75) is 44.3 Å². The number of rotatable bonds is 4. The van der Waals surface area contributed by atoms with Crippen LogP contribution in [-0.4, -0.2) is 38.7 Å². The zero-order valence-corrected chi connectivity index (χ0v) is 18.7. The predicted octanol–water partition coefficient (Wildman–Crippen LogP) is 4.84. The maximum Gasteiger partial charge on any atom is 0.266 e. The molecule has 0 N–H and O–H groups in total. The van der Waals surface area contributed by atoms with Crippen LogP contribution in [0.4, 0.5) is 0 Å². The Kier molecular flexibility index (Phi) is 6.16. The minimum atomic E-state index is -0.163. The van der Waals surface area contributed by atoms with Crippen LogP contribution in [0.5, 0.6) is 0 Å². The summed E-state index contributed by atoms with van der Waals surface area (Å²) in [6.07, 6.45) is 3.25. The first-order valence-corrected chi connectivity index (χ1v) is 11.5. The summed E-state index contributed by atoms with van der Waals surface area (Å²) in [6, 6.07) is 13.1. The summed E-state index contributed by atoms with van der Waals surface area (Å²) in [7, 11) is 0. The summed E-state index contributed by atoms with van der Waals surface area (Å²) in [6.45, 7) is 4.88. The van der Waals surface area contributed by atoms with Crippen LogP contribution in [0.1, 0.15) is 31.7 Å². The average molecular weight is 442 g/mol. The second kappa shape index (κ2) is 8.82. The Morgan fingerprint density at radius 2 is 2.07 bits per heavy atom. The van der Waals surface area contributed by atoms with Crippen molar-refractivity contribution >= 4 is 40.2 Å². The topological polar surface area (TPSA) is 55.2 Å². The maximum atomic E-state index is 13.3. The standard InChI is InChI=1S/C23H24ClN3O2S/c1-15-6-5-8-18(12-15)27-22(29)19-10-9-17(24)13-20(19)25-23(27)30-14-21(28)26-11-4-3-7-16(26)2/h5-6,8-10,12-13,16H,3-4,7,11,14H2,1-2H3. The van der Waals surface area contributed by atoms with Gasteiger partial charge in [0, 0.05) is 17.6 Å². The SMILES string of the molecule is Cc1cccc(-n2c(SCC(=O)N3CCCCC3C)nc3cc(Cl)ccc3c2=O)c1. The Morgan fingerprint density at radius 1 is 1.23 bits per heavy atom. The molecule has 3 aromatic rings. The molecular weight excluding hydrogens is 418 g/mol. The third-order valence-electron chi connectivity index (χ3n) is 5.51. The van der Waals surface area contributed by atoms with Crippen LogP contribution in [0.15, 0.2) is 52.4 Å². The predicted molar refractivity (Wildman–Crippen MR) is 123 cm³/mol. The van der Waals surface area contributed by atoms with E-state index in [9.17, 15) is 9.59 Å². The van der Waals surface area contributed by atoms with Gasteiger partial charge in [0.15, 0.2) is 5.16 Å². The summed E-state index contributed by atoms with van der Waals surface area (Å²) in [5, 5.41) is 1.52. The Bertz CT molecular complexity index is 1160. The third-order valence-corrected chi connectivity index (χ3v) is 6.67. The summed E-state index contributed by atoms with van der Waals surface area (Å²) >= 11 is 7.43. The number of aromatic nitrogens is 2. The largest absolute Gasteiger partial charge is 0.339 e. The lowest BCUT2D eigenvalue weighted by Gasteiger charge is -2.33. The molecule has 30 heavy (non-hydrogen) atoms. The first kappa shape index (κ1) is 20.9. The number of nitrogens with zero attached hydrogens (tertiary/aromatic N) is 3. The van der Waals surface area contributed by atoms with Gasteiger partial charge in [-0.05, 0) is 69.0 Å². The van der Waals surface area contributed by atoms with Gasteiger partial charge in [0.05, 0.1) is 22.3 Å². The molecule has 2 aromatic carbocycles. The van der Waals surface area contributed by atoms with Crippen LogP contribution < -0.4 is 5.56 Å². The highest BCUT2D eigenvalue weighted by Crippen LogP contribution is 2.25. The van der Waals surface area contributed by atoms with E-state index in [1.807, 2.05) is 36.1 Å². The van der Waals surface area contributed by atoms with Gasteiger partial charge < -0.3 is 4.90 Å². The van der Waals surface area contributed by atoms with Gasteiger partial charge in [-0.2, -0.15) is 0 Å². The van der Waals surface area contributed by atoms with Crippen molar-refractivity contribution in [1.29, 1.82) is 0 Å². The first-order valence-electron chi connectivity index (χ1n) is 10.2. The normalized spacial score (nSPS) is 16.8. The van der Waals surface area contributed by atoms with Crippen molar-refractivity contribution in [2.75, 3.05) is 12.3 Å². The van der Waals surface area contributed by atoms with Crippen molar-refractivity contribution in [3.63, 3.8) is 0 Å². The summed E-state index contributed by atoms with van der Waals surface area (Å²) in [5.41, 5.74) is 2.16. The lowest BCUT2D eigenvalue weighted by Crippen LogP contribution is -2.43. The van der Waals surface area contributed by atoms with E-state index in [0.717, 1.165) is 37.1 Å². The van der Waals surface area contributed by atoms with Crippen LogP contribution in [0, 0.1) is 6.92 Å². The molecule has 7 heteroatoms. The third kappa shape index (κ3) is 4.25. The molecule has 1 unspecified atom stereocenters. The van der Waals surface area contributed by atoms with E-state index in [-0.39, 0.29) is 23.3 Å². The fourth-order valence-corrected chi connectivity index (χ4v) is 4.97. The van der Waals surface area contributed by atoms with Crippen LogP contribution in [0.2, 0.25) is 5.02 Å². The Balaban J connectivity index is 1.74. The van der Waals surface area contributed by atoms with E-state index < -0.39 is 0 Å². The summed E-state index contributed by atoms with van der Waals surface area (Å²) < 4.78 is 1.60. The van der Waals surface area contributed by atoms with E-state index >= 15 is 0 Å². The van der Waals surface area contributed by atoms with Gasteiger partial charge in [-0.3, -0.25) is 14.2 Å². The van der Waals surface area contributed by atoms with Crippen LogP contribution >= 0.6 is 23.4 Å². The molecule has 1 saturated heterocycles. The number of aryl methyl sites for hydroxylation is 1. The Morgan fingerprint density at radius 3 is 2.83 bits per heavy atom. The van der Waals surface area contributed by atoms with Gasteiger partial charge in [-0.1, -0.05) is 35.5 Å². The van der Waals surface area contributed by atoms with E-state index in [2.05, 4.69) is 6.92 Å². The highest BCUT2D eigenvalue weighted by Gasteiger charge is 2.24. The van der Waals surface area contributed by atoms with Crippen molar-refractivity contribution in [2.24, 2.45) is 0 Å². The molecule has 1 aliphatic rings. The van der Waals surface area contributed by atoms with Gasteiger partial charge >= 0.3 is 0 Å². The molecule has 0 radical (unpaired) electrons. The number of carbonyl (C=O) groups excluding carboxylic acids is 1. The smallest absolute Gasteiger partial charge is 0.266 e. The van der Waals surface area contributed by atoms with Crippen molar-refractivity contribution in [3.05, 3.63) is 63.4 Å². The van der Waals surface area contributed by atoms with Crippen molar-refractivity contribution in [3.8, 4) is 5.69 Å². The number of thioether (sulfide) groups is 1. The monoisotopic (exact) mass is 441 g/mol. The molecule has 0 bridgehead atoms. The lowest BCUT2D eigenvalue weighted by atomic mass is 10.0. The average Bonchev–Trinajstić information content (AvgIpc) is 2.72. The maximum absolute atomic E-state index is 13.3. The Labute approximate surface area is 185 Å². The van der Waals surface area contributed by atoms with Gasteiger partial charge in [-0.15, -0.1) is 0 Å². The minimum absolute atomic E-state index is 0.0865. The minimum Gasteiger partial charge on any atom is -0.339 e. The van der Waals surface area contributed by atoms with Gasteiger partial charge in [-0.25, -0.2) is 4.98 Å². The van der Waals surface area contributed by atoms with Gasteiger partial charge in [0.2, 0.25) is 5.91 Å². The van der Waals surface area contributed by atoms with E-state index in [1.54, 1.807) is 22.8 Å². The number of carbonyl (C=O) groups is 1. The fraction of sp³-hybridized carbons (Fsp3) is 0.348. The van der Waals surface area contributed by atoms with E-state index in [4.69, 9.17) is 16.6 Å². The number of benzene rings is 2. The zero-order valence-electron chi connectivity index (χ0n) is 17.1. The lowest BCUT2D eigenvalue weighted by molar-refractivity contribution is -0.131. The van der Waals surface area contributed by atoms with Crippen LogP contribution in [-0.2, 0) is 4.79 Å². The van der Waals surface area contributed by atoms with Crippen LogP contribution in [0.25, 0.3) is 16.6 Å². The molecule has 0 aliphatic carbocycles. The molecular formula is C23H24ClN3O2S. The summed E-state index contributed by atoms with van der Waals surface area (Å²) in [5.74, 6) is 0.331. The van der Waals surface area contributed by atoms with Crippen LogP contribution in [0.3, 0.4) is 0 Å².